The lowest BCUT2D eigenvalue weighted by Gasteiger charge is -2.26. The molecule has 0 aliphatic carbocycles. The Hall–Kier alpha value is -3.78. The molecule has 4 rings (SSSR count). The van der Waals surface area contributed by atoms with E-state index in [0.29, 0.717) is 34.4 Å². The number of ether oxygens (including phenoxy) is 2. The molecule has 0 aromatic heterocycles. The van der Waals surface area contributed by atoms with Crippen molar-refractivity contribution in [2.75, 3.05) is 20.3 Å². The van der Waals surface area contributed by atoms with Crippen LogP contribution in [0.1, 0.15) is 36.1 Å². The molecule has 1 saturated heterocycles. The van der Waals surface area contributed by atoms with Crippen LogP contribution in [-0.4, -0.2) is 47.1 Å². The van der Waals surface area contributed by atoms with Crippen molar-refractivity contribution in [3.05, 3.63) is 93.5 Å². The van der Waals surface area contributed by atoms with E-state index in [1.807, 2.05) is 37.3 Å². The van der Waals surface area contributed by atoms with Gasteiger partial charge in [0.15, 0.2) is 11.5 Å². The molecular weight excluding hydrogens is 538 g/mol. The van der Waals surface area contributed by atoms with Crippen LogP contribution in [0.4, 0.5) is 0 Å². The molecule has 3 aromatic carbocycles. The fourth-order valence-corrected chi connectivity index (χ4v) is 4.83. The van der Waals surface area contributed by atoms with Gasteiger partial charge in [-0.05, 0) is 64.2 Å². The van der Waals surface area contributed by atoms with Crippen LogP contribution in [0.3, 0.4) is 0 Å². The van der Waals surface area contributed by atoms with Crippen LogP contribution < -0.4 is 9.47 Å². The maximum atomic E-state index is 13.4. The zero-order chi connectivity index (χ0) is 26.5. The highest BCUT2D eigenvalue weighted by Gasteiger charge is 2.46. The third kappa shape index (κ3) is 5.49. The summed E-state index contributed by atoms with van der Waals surface area (Å²) in [4.78, 5) is 28.1. The molecule has 1 aliphatic rings. The van der Waals surface area contributed by atoms with Crippen molar-refractivity contribution in [1.82, 2.24) is 4.90 Å². The van der Waals surface area contributed by atoms with Gasteiger partial charge >= 0.3 is 0 Å². The lowest BCUT2D eigenvalue weighted by molar-refractivity contribution is -0.139. The Morgan fingerprint density at radius 2 is 1.81 bits per heavy atom. The van der Waals surface area contributed by atoms with Crippen molar-refractivity contribution in [3.8, 4) is 17.2 Å². The van der Waals surface area contributed by atoms with Crippen molar-refractivity contribution in [3.63, 3.8) is 0 Å². The van der Waals surface area contributed by atoms with E-state index in [0.717, 1.165) is 12.0 Å². The van der Waals surface area contributed by atoms with Gasteiger partial charge in [0.1, 0.15) is 11.5 Å². The van der Waals surface area contributed by atoms with Gasteiger partial charge in [-0.2, -0.15) is 0 Å². The first-order valence-corrected chi connectivity index (χ1v) is 12.8. The van der Waals surface area contributed by atoms with Crippen molar-refractivity contribution in [2.24, 2.45) is 0 Å². The second-order valence-electron chi connectivity index (χ2n) is 8.66. The molecule has 0 bridgehead atoms. The van der Waals surface area contributed by atoms with Gasteiger partial charge in [0.25, 0.3) is 11.7 Å². The Labute approximate surface area is 224 Å². The highest BCUT2D eigenvalue weighted by atomic mass is 79.9. The molecule has 2 N–H and O–H groups in total. The van der Waals surface area contributed by atoms with E-state index in [-0.39, 0.29) is 29.4 Å². The summed E-state index contributed by atoms with van der Waals surface area (Å²) in [5.41, 5.74) is 1.84. The Morgan fingerprint density at radius 3 is 2.51 bits per heavy atom. The van der Waals surface area contributed by atoms with Crippen LogP contribution in [-0.2, 0) is 16.0 Å². The number of Topliss-reactive ketones (excluding diaryl/α,β-unsaturated/α-hetero) is 1. The zero-order valence-electron chi connectivity index (χ0n) is 20.6. The predicted molar refractivity (Wildman–Crippen MR) is 144 cm³/mol. The second kappa shape index (κ2) is 11.5. The zero-order valence-corrected chi connectivity index (χ0v) is 22.2. The number of carbonyl (C=O) groups excluding carboxylic acids is 2. The third-order valence-electron chi connectivity index (χ3n) is 6.19. The largest absolute Gasteiger partial charge is 0.507 e. The van der Waals surface area contributed by atoms with Gasteiger partial charge in [-0.15, -0.1) is 0 Å². The van der Waals surface area contributed by atoms with Gasteiger partial charge in [-0.1, -0.05) is 49.4 Å². The molecule has 8 heteroatoms. The van der Waals surface area contributed by atoms with Gasteiger partial charge in [0, 0.05) is 12.1 Å². The molecule has 37 heavy (non-hydrogen) atoms. The molecule has 7 nitrogen and oxygen atoms in total. The summed E-state index contributed by atoms with van der Waals surface area (Å²) >= 11 is 3.33. The summed E-state index contributed by atoms with van der Waals surface area (Å²) in [6, 6.07) is 18.7. The summed E-state index contributed by atoms with van der Waals surface area (Å²) in [5, 5.41) is 21.7. The number of hydrogen-bond acceptors (Lipinski definition) is 6. The number of methoxy groups -OCH3 is 1. The van der Waals surface area contributed by atoms with E-state index in [2.05, 4.69) is 15.9 Å². The van der Waals surface area contributed by atoms with Gasteiger partial charge in [0.05, 0.1) is 29.8 Å². The van der Waals surface area contributed by atoms with E-state index < -0.39 is 17.7 Å². The van der Waals surface area contributed by atoms with Gasteiger partial charge in [-0.3, -0.25) is 9.59 Å². The van der Waals surface area contributed by atoms with Crippen molar-refractivity contribution >= 4 is 33.4 Å². The average Bonchev–Trinajstić information content (AvgIpc) is 3.17. The number of likely N-dealkylation sites (tertiary alicyclic amines) is 1. The number of hydrogen-bond donors (Lipinski definition) is 2. The third-order valence-corrected chi connectivity index (χ3v) is 6.80. The summed E-state index contributed by atoms with van der Waals surface area (Å²) < 4.78 is 11.3. The SMILES string of the molecule is CCCOc1cccc(/C(O)=C2\C(=O)C(=O)N(CCc3ccccc3)C2c2cc(Br)c(O)c(OC)c2)c1. The van der Waals surface area contributed by atoms with E-state index >= 15 is 0 Å². The summed E-state index contributed by atoms with van der Waals surface area (Å²) in [5.74, 6) is -1.16. The Morgan fingerprint density at radius 1 is 1.05 bits per heavy atom. The number of halogens is 1. The van der Waals surface area contributed by atoms with Crippen LogP contribution in [0.15, 0.2) is 76.8 Å². The number of phenols is 1. The number of amides is 1. The molecule has 1 heterocycles. The maximum Gasteiger partial charge on any atom is 0.295 e. The fourth-order valence-electron chi connectivity index (χ4n) is 4.37. The smallest absolute Gasteiger partial charge is 0.295 e. The molecule has 1 aliphatic heterocycles. The minimum atomic E-state index is -0.894. The first-order chi connectivity index (χ1) is 17.8. The Bertz CT molecular complexity index is 1340. The van der Waals surface area contributed by atoms with Gasteiger partial charge in [-0.25, -0.2) is 0 Å². The first-order valence-electron chi connectivity index (χ1n) is 12.0. The highest BCUT2D eigenvalue weighted by Crippen LogP contribution is 2.44. The number of ketones is 1. The number of benzene rings is 3. The number of aromatic hydroxyl groups is 1. The molecule has 3 aromatic rings. The minimum Gasteiger partial charge on any atom is -0.507 e. The average molecular weight is 566 g/mol. The normalized spacial score (nSPS) is 16.7. The molecule has 0 spiro atoms. The lowest BCUT2D eigenvalue weighted by Crippen LogP contribution is -2.31. The number of rotatable bonds is 9. The summed E-state index contributed by atoms with van der Waals surface area (Å²) in [6.45, 7) is 2.75. The van der Waals surface area contributed by atoms with Crippen LogP contribution in [0.5, 0.6) is 17.2 Å². The maximum absolute atomic E-state index is 13.4. The predicted octanol–water partition coefficient (Wildman–Crippen LogP) is 5.62. The van der Waals surface area contributed by atoms with E-state index in [9.17, 15) is 19.8 Å². The minimum absolute atomic E-state index is 0.0367. The molecule has 1 unspecified atom stereocenters. The van der Waals surface area contributed by atoms with E-state index in [1.165, 1.54) is 12.0 Å². The van der Waals surface area contributed by atoms with E-state index in [1.54, 1.807) is 36.4 Å². The number of phenolic OH excluding ortho intramolecular Hbond substituents is 1. The molecule has 192 valence electrons. The van der Waals surface area contributed by atoms with Crippen LogP contribution in [0.25, 0.3) is 5.76 Å². The molecule has 0 radical (unpaired) electrons. The summed E-state index contributed by atoms with van der Waals surface area (Å²) in [6.07, 6.45) is 1.33. The first kappa shape index (κ1) is 26.3. The number of aliphatic hydroxyl groups is 1. The Kier molecular flexibility index (Phi) is 8.18. The molecule has 1 atom stereocenters. The van der Waals surface area contributed by atoms with Crippen molar-refractivity contribution in [2.45, 2.75) is 25.8 Å². The van der Waals surface area contributed by atoms with E-state index in [4.69, 9.17) is 9.47 Å². The quantitative estimate of drug-likeness (QED) is 0.199. The monoisotopic (exact) mass is 565 g/mol. The van der Waals surface area contributed by atoms with Crippen LogP contribution >= 0.6 is 15.9 Å². The molecule has 1 amide bonds. The van der Waals surface area contributed by atoms with Gasteiger partial charge in [0.2, 0.25) is 0 Å². The molecule has 1 fully saturated rings. The topological polar surface area (TPSA) is 96.3 Å². The van der Waals surface area contributed by atoms with Crippen LogP contribution in [0, 0.1) is 0 Å². The summed E-state index contributed by atoms with van der Waals surface area (Å²) in [7, 11) is 1.42. The number of aliphatic hydroxyl groups excluding tert-OH is 1. The van der Waals surface area contributed by atoms with Crippen molar-refractivity contribution in [1.29, 1.82) is 0 Å². The molecular formula is C29H28BrNO6. The van der Waals surface area contributed by atoms with Crippen LogP contribution in [0.2, 0.25) is 0 Å². The standard InChI is InChI=1S/C29H28BrNO6/c1-3-14-37-21-11-7-10-19(15-21)26(32)24-25(20-16-22(30)27(33)23(17-20)36-2)31(29(35)28(24)34)13-12-18-8-5-4-6-9-18/h4-11,15-17,25,32-33H,3,12-14H2,1-2H3/b26-24+. The van der Waals surface area contributed by atoms with Crippen molar-refractivity contribution < 1.29 is 29.3 Å². The highest BCUT2D eigenvalue weighted by molar-refractivity contribution is 9.10. The fraction of sp³-hybridized carbons (Fsp3) is 0.241. The molecule has 0 saturated carbocycles. The Balaban J connectivity index is 1.83. The lowest BCUT2D eigenvalue weighted by atomic mass is 9.94. The number of carbonyl (C=O) groups is 2. The second-order valence-corrected chi connectivity index (χ2v) is 9.51. The number of nitrogens with zero attached hydrogens (tertiary/aromatic N) is 1. The van der Waals surface area contributed by atoms with Gasteiger partial charge < -0.3 is 24.6 Å².